The van der Waals surface area contributed by atoms with Crippen molar-refractivity contribution in [3.63, 3.8) is 0 Å². The number of esters is 2. The van der Waals surface area contributed by atoms with Gasteiger partial charge in [-0.3, -0.25) is 0 Å². The second-order valence-corrected chi connectivity index (χ2v) is 9.33. The van der Waals surface area contributed by atoms with Gasteiger partial charge in [-0.15, -0.1) is 0 Å². The Bertz CT molecular complexity index is 714. The Morgan fingerprint density at radius 2 is 1.81 bits per heavy atom. The fourth-order valence-corrected chi connectivity index (χ4v) is 5.79. The van der Waals surface area contributed by atoms with Crippen molar-refractivity contribution in [1.29, 1.82) is 0 Å². The summed E-state index contributed by atoms with van der Waals surface area (Å²) in [6.07, 6.45) is -1.67. The fraction of sp³-hybridized carbons (Fsp3) is 0.905. The van der Waals surface area contributed by atoms with Crippen LogP contribution >= 0.6 is 0 Å². The number of hydrogen-bond donors (Lipinski definition) is 1. The van der Waals surface area contributed by atoms with Crippen LogP contribution in [0.5, 0.6) is 0 Å². The minimum absolute atomic E-state index is 0.0283. The molecular formula is C21H32O10. The molecule has 0 aromatic heterocycles. The van der Waals surface area contributed by atoms with Crippen LogP contribution in [-0.4, -0.2) is 67.4 Å². The first kappa shape index (κ1) is 22.9. The van der Waals surface area contributed by atoms with E-state index in [2.05, 4.69) is 11.7 Å². The minimum atomic E-state index is -1.81. The number of carbonyl (C=O) groups is 2. The average molecular weight is 444 g/mol. The summed E-state index contributed by atoms with van der Waals surface area (Å²) in [5.74, 6) is -2.52. The molecule has 10 atom stereocenters. The molecule has 4 aliphatic heterocycles. The van der Waals surface area contributed by atoms with Gasteiger partial charge in [0.25, 0.3) is 0 Å². The molecule has 5 fully saturated rings. The maximum absolute atomic E-state index is 12.7. The Kier molecular flexibility index (Phi) is 6.08. The number of aliphatic hydroxyl groups is 1. The van der Waals surface area contributed by atoms with Crippen LogP contribution in [0.3, 0.4) is 0 Å². The first-order chi connectivity index (χ1) is 14.7. The third kappa shape index (κ3) is 3.57. The van der Waals surface area contributed by atoms with Gasteiger partial charge in [-0.25, -0.2) is 19.4 Å². The van der Waals surface area contributed by atoms with Gasteiger partial charge < -0.3 is 28.8 Å². The quantitative estimate of drug-likeness (QED) is 0.491. The predicted molar refractivity (Wildman–Crippen MR) is 102 cm³/mol. The lowest BCUT2D eigenvalue weighted by Gasteiger charge is -2.59. The van der Waals surface area contributed by atoms with Gasteiger partial charge >= 0.3 is 11.9 Å². The SMILES string of the molecule is COC(=O)[C@H](O)[C@@H](OC)C(=O)O[C@H]1O[C@@H]2O[C@@]3(C)CC[C@H]4[C@H](C)CC[C@@H]([C@H]1C)[C@@]24OO3. The molecule has 31 heavy (non-hydrogen) atoms. The minimum Gasteiger partial charge on any atom is -0.467 e. The van der Waals surface area contributed by atoms with Gasteiger partial charge in [0.1, 0.15) is 0 Å². The topological polar surface area (TPSA) is 119 Å². The van der Waals surface area contributed by atoms with Crippen LogP contribution in [0.25, 0.3) is 0 Å². The van der Waals surface area contributed by atoms with Gasteiger partial charge in [-0.2, -0.15) is 0 Å². The van der Waals surface area contributed by atoms with E-state index in [0.29, 0.717) is 12.3 Å². The number of ether oxygens (including phenoxy) is 5. The maximum Gasteiger partial charge on any atom is 0.340 e. The number of rotatable bonds is 5. The van der Waals surface area contributed by atoms with Crippen LogP contribution in [0.4, 0.5) is 0 Å². The van der Waals surface area contributed by atoms with E-state index in [9.17, 15) is 14.7 Å². The summed E-state index contributed by atoms with van der Waals surface area (Å²) in [5.41, 5.74) is -0.776. The van der Waals surface area contributed by atoms with E-state index in [1.54, 1.807) is 0 Å². The third-order valence-electron chi connectivity index (χ3n) is 7.55. The van der Waals surface area contributed by atoms with Crippen LogP contribution in [0.15, 0.2) is 0 Å². The molecule has 0 radical (unpaired) electrons. The molecule has 1 spiro atoms. The molecule has 2 bridgehead atoms. The molecule has 1 saturated carbocycles. The monoisotopic (exact) mass is 444 g/mol. The molecule has 5 aliphatic rings. The molecule has 0 aromatic carbocycles. The van der Waals surface area contributed by atoms with Gasteiger partial charge in [-0.05, 0) is 38.0 Å². The van der Waals surface area contributed by atoms with Crippen molar-refractivity contribution < 1.29 is 48.2 Å². The maximum atomic E-state index is 12.7. The van der Waals surface area contributed by atoms with E-state index in [-0.39, 0.29) is 17.8 Å². The highest BCUT2D eigenvalue weighted by atomic mass is 17.3. The lowest BCUT2D eigenvalue weighted by molar-refractivity contribution is -0.576. The third-order valence-corrected chi connectivity index (χ3v) is 7.55. The van der Waals surface area contributed by atoms with Crippen LogP contribution in [0.2, 0.25) is 0 Å². The molecular weight excluding hydrogens is 412 g/mol. The Morgan fingerprint density at radius 3 is 2.48 bits per heavy atom. The highest BCUT2D eigenvalue weighted by Gasteiger charge is 2.69. The normalized spacial score (nSPS) is 45.7. The van der Waals surface area contributed by atoms with Crippen molar-refractivity contribution >= 4 is 11.9 Å². The molecule has 1 N–H and O–H groups in total. The number of fused-ring (bicyclic) bond motifs is 2. The summed E-state index contributed by atoms with van der Waals surface area (Å²) in [4.78, 5) is 36.2. The van der Waals surface area contributed by atoms with Gasteiger partial charge in [0.2, 0.25) is 12.1 Å². The number of hydrogen-bond acceptors (Lipinski definition) is 10. The van der Waals surface area contributed by atoms with Crippen molar-refractivity contribution in [2.45, 2.75) is 82.6 Å². The largest absolute Gasteiger partial charge is 0.467 e. The highest BCUT2D eigenvalue weighted by Crippen LogP contribution is 2.60. The number of methoxy groups -OCH3 is 2. The summed E-state index contributed by atoms with van der Waals surface area (Å²) in [6.45, 7) is 5.96. The molecule has 4 saturated heterocycles. The fourth-order valence-electron chi connectivity index (χ4n) is 5.79. The van der Waals surface area contributed by atoms with Gasteiger partial charge in [0, 0.05) is 25.4 Å². The second-order valence-electron chi connectivity index (χ2n) is 9.33. The van der Waals surface area contributed by atoms with E-state index in [1.807, 2.05) is 13.8 Å². The van der Waals surface area contributed by atoms with E-state index in [1.165, 1.54) is 7.11 Å². The second kappa shape index (κ2) is 8.24. The van der Waals surface area contributed by atoms with E-state index in [0.717, 1.165) is 26.4 Å². The molecule has 1 aliphatic carbocycles. The highest BCUT2D eigenvalue weighted by molar-refractivity contribution is 5.85. The molecule has 10 nitrogen and oxygen atoms in total. The summed E-state index contributed by atoms with van der Waals surface area (Å²) >= 11 is 0. The molecule has 10 heteroatoms. The molecule has 176 valence electrons. The van der Waals surface area contributed by atoms with E-state index >= 15 is 0 Å². The van der Waals surface area contributed by atoms with Gasteiger partial charge in [0.15, 0.2) is 24.1 Å². The van der Waals surface area contributed by atoms with Crippen LogP contribution < -0.4 is 0 Å². The summed E-state index contributed by atoms with van der Waals surface area (Å²) in [6, 6.07) is 0. The lowest BCUT2D eigenvalue weighted by atomic mass is 9.58. The zero-order valence-electron chi connectivity index (χ0n) is 18.6. The van der Waals surface area contributed by atoms with Crippen molar-refractivity contribution in [2.75, 3.05) is 14.2 Å². The van der Waals surface area contributed by atoms with Gasteiger partial charge in [-0.1, -0.05) is 13.8 Å². The zero-order chi connectivity index (χ0) is 22.6. The summed E-state index contributed by atoms with van der Waals surface area (Å²) < 4.78 is 27.5. The van der Waals surface area contributed by atoms with Crippen molar-refractivity contribution in [3.8, 4) is 0 Å². The lowest BCUT2D eigenvalue weighted by Crippen LogP contribution is -2.70. The molecule has 0 amide bonds. The van der Waals surface area contributed by atoms with E-state index in [4.69, 9.17) is 28.7 Å². The summed E-state index contributed by atoms with van der Waals surface area (Å²) in [7, 11) is 2.31. The number of aliphatic hydroxyl groups excluding tert-OH is 1. The smallest absolute Gasteiger partial charge is 0.340 e. The Hall–Kier alpha value is -1.30. The molecule has 5 rings (SSSR count). The Balaban J connectivity index is 1.58. The van der Waals surface area contributed by atoms with Crippen molar-refractivity contribution in [1.82, 2.24) is 0 Å². The van der Waals surface area contributed by atoms with E-state index < -0.39 is 48.1 Å². The average Bonchev–Trinajstić information content (AvgIpc) is 2.97. The van der Waals surface area contributed by atoms with Crippen LogP contribution in [-0.2, 0) is 43.0 Å². The van der Waals surface area contributed by atoms with Crippen molar-refractivity contribution in [3.05, 3.63) is 0 Å². The Morgan fingerprint density at radius 1 is 1.06 bits per heavy atom. The summed E-state index contributed by atoms with van der Waals surface area (Å²) in [5, 5.41) is 10.1. The van der Waals surface area contributed by atoms with Crippen LogP contribution in [0, 0.1) is 23.7 Å². The van der Waals surface area contributed by atoms with Crippen molar-refractivity contribution in [2.24, 2.45) is 23.7 Å². The molecule has 0 aromatic rings. The first-order valence-corrected chi connectivity index (χ1v) is 10.9. The first-order valence-electron chi connectivity index (χ1n) is 10.9. The van der Waals surface area contributed by atoms with Crippen LogP contribution in [0.1, 0.15) is 46.5 Å². The molecule has 4 heterocycles. The zero-order valence-corrected chi connectivity index (χ0v) is 18.6. The number of carbonyl (C=O) groups excluding carboxylic acids is 2. The molecule has 0 unspecified atom stereocenters. The standard InChI is InChI=1S/C21H32O10/c1-10-6-7-13-11(2)18(27-17(24)15(25-4)14(22)16(23)26-5)28-19-21(13)12(10)8-9-20(3,29-19)30-31-21/h10-15,18-19,22H,6-9H2,1-5H3/t10-,11-,12+,13+,14-,15-,18+,19-,20-,21-/m1/s1. The van der Waals surface area contributed by atoms with Gasteiger partial charge in [0.05, 0.1) is 7.11 Å². The Labute approximate surface area is 181 Å². The predicted octanol–water partition coefficient (Wildman–Crippen LogP) is 1.29.